The van der Waals surface area contributed by atoms with Crippen LogP contribution in [0.15, 0.2) is 60.3 Å². The number of amides is 1. The van der Waals surface area contributed by atoms with E-state index in [9.17, 15) is 19.8 Å². The van der Waals surface area contributed by atoms with Crippen LogP contribution in [0.1, 0.15) is 71.4 Å². The van der Waals surface area contributed by atoms with Gasteiger partial charge >= 0.3 is 12.1 Å². The van der Waals surface area contributed by atoms with Gasteiger partial charge in [0.1, 0.15) is 11.7 Å². The van der Waals surface area contributed by atoms with Crippen LogP contribution in [0.25, 0.3) is 0 Å². The first-order valence-corrected chi connectivity index (χ1v) is 15.0. The molecule has 42 heavy (non-hydrogen) atoms. The van der Waals surface area contributed by atoms with Crippen LogP contribution in [0, 0.1) is 5.92 Å². The van der Waals surface area contributed by atoms with Crippen molar-refractivity contribution >= 4 is 12.1 Å². The van der Waals surface area contributed by atoms with Gasteiger partial charge in [-0.1, -0.05) is 44.2 Å². The topological polar surface area (TPSA) is 112 Å². The number of ether oxygens (including phenoxy) is 2. The third-order valence-corrected chi connectivity index (χ3v) is 8.44. The molecule has 3 heterocycles. The van der Waals surface area contributed by atoms with Crippen molar-refractivity contribution in [2.45, 2.75) is 95.7 Å². The monoisotopic (exact) mass is 583 g/mol. The molecule has 0 spiro atoms. The first-order valence-electron chi connectivity index (χ1n) is 15.0. The molecule has 0 unspecified atom stereocenters. The number of likely N-dealkylation sites (tertiary alicyclic amines) is 1. The average Bonchev–Trinajstić information content (AvgIpc) is 2.96. The normalized spacial score (nSPS) is 30.6. The number of esters is 1. The molecule has 0 bridgehead atoms. The number of carbonyl (C=O) groups is 2. The maximum absolute atomic E-state index is 13.2. The smallest absolute Gasteiger partial charge is 0.410 e. The molecule has 9 heteroatoms. The summed E-state index contributed by atoms with van der Waals surface area (Å²) in [6, 6.07) is 5.88. The molecule has 0 aliphatic carbocycles. The van der Waals surface area contributed by atoms with E-state index in [4.69, 9.17) is 9.47 Å². The predicted octanol–water partition coefficient (Wildman–Crippen LogP) is 4.62. The molecule has 9 nitrogen and oxygen atoms in total. The van der Waals surface area contributed by atoms with Gasteiger partial charge in [-0.2, -0.15) is 0 Å². The highest BCUT2D eigenvalue weighted by molar-refractivity contribution is 5.70. The van der Waals surface area contributed by atoms with Gasteiger partial charge in [0.15, 0.2) is 6.10 Å². The Morgan fingerprint density at radius 3 is 2.64 bits per heavy atom. The lowest BCUT2D eigenvalue weighted by Crippen LogP contribution is -2.48. The third-order valence-electron chi connectivity index (χ3n) is 8.44. The van der Waals surface area contributed by atoms with Gasteiger partial charge in [-0.05, 0) is 83.4 Å². The van der Waals surface area contributed by atoms with Crippen LogP contribution in [0.4, 0.5) is 4.79 Å². The van der Waals surface area contributed by atoms with E-state index >= 15 is 0 Å². The van der Waals surface area contributed by atoms with Gasteiger partial charge in [-0.3, -0.25) is 9.78 Å². The molecule has 0 aromatic carbocycles. The van der Waals surface area contributed by atoms with Gasteiger partial charge in [0.25, 0.3) is 0 Å². The molecule has 1 aromatic heterocycles. The lowest BCUT2D eigenvalue weighted by molar-refractivity contribution is -0.151. The van der Waals surface area contributed by atoms with Crippen LogP contribution in [0.2, 0.25) is 0 Å². The SMILES string of the molecule is C/C(=C\C=C\[C@@H](C)c1ccccn1)[C@H]1OC(=O)C[C@H](O)CC[C@@](C)(O)[C@@H](OC(=O)N(C)C2CCN(C)CC2)/C=C/[C@@H]1C. The van der Waals surface area contributed by atoms with Gasteiger partial charge in [-0.25, -0.2) is 4.79 Å². The Morgan fingerprint density at radius 1 is 1.26 bits per heavy atom. The Kier molecular flexibility index (Phi) is 12.3. The summed E-state index contributed by atoms with van der Waals surface area (Å²) in [5.41, 5.74) is 0.323. The van der Waals surface area contributed by atoms with Crippen LogP contribution in [0.5, 0.6) is 0 Å². The van der Waals surface area contributed by atoms with Crippen molar-refractivity contribution in [3.05, 3.63) is 66.0 Å². The van der Waals surface area contributed by atoms with E-state index in [1.54, 1.807) is 31.1 Å². The molecule has 0 radical (unpaired) electrons. The highest BCUT2D eigenvalue weighted by Crippen LogP contribution is 2.28. The molecule has 1 aromatic rings. The number of nitrogens with zero attached hydrogens (tertiary/aromatic N) is 3. The highest BCUT2D eigenvalue weighted by Gasteiger charge is 2.37. The second kappa shape index (κ2) is 15.5. The van der Waals surface area contributed by atoms with Crippen molar-refractivity contribution < 1.29 is 29.3 Å². The van der Waals surface area contributed by atoms with E-state index in [1.165, 1.54) is 0 Å². The van der Waals surface area contributed by atoms with Crippen LogP contribution in [0.3, 0.4) is 0 Å². The summed E-state index contributed by atoms with van der Waals surface area (Å²) in [6.45, 7) is 9.27. The van der Waals surface area contributed by atoms with Crippen molar-refractivity contribution in [1.29, 1.82) is 0 Å². The number of cyclic esters (lactones) is 1. The molecule has 1 amide bonds. The quantitative estimate of drug-likeness (QED) is 0.284. The Hall–Kier alpha value is -3.01. The third kappa shape index (κ3) is 9.78. The number of aliphatic hydroxyl groups is 2. The number of piperidine rings is 1. The van der Waals surface area contributed by atoms with E-state index in [0.29, 0.717) is 0 Å². The van der Waals surface area contributed by atoms with Crippen LogP contribution >= 0.6 is 0 Å². The molecule has 0 saturated carbocycles. The second-order valence-corrected chi connectivity index (χ2v) is 12.2. The minimum absolute atomic E-state index is 0.0691. The summed E-state index contributed by atoms with van der Waals surface area (Å²) < 4.78 is 11.8. The maximum Gasteiger partial charge on any atom is 0.410 e. The molecule has 232 valence electrons. The van der Waals surface area contributed by atoms with Gasteiger partial charge in [-0.15, -0.1) is 0 Å². The van der Waals surface area contributed by atoms with Crippen molar-refractivity contribution in [2.24, 2.45) is 5.92 Å². The van der Waals surface area contributed by atoms with Crippen LogP contribution in [-0.4, -0.2) is 94.2 Å². The number of aromatic nitrogens is 1. The highest BCUT2D eigenvalue weighted by atomic mass is 16.6. The zero-order chi connectivity index (χ0) is 30.9. The van der Waals surface area contributed by atoms with E-state index in [-0.39, 0.29) is 37.1 Å². The fourth-order valence-electron chi connectivity index (χ4n) is 5.39. The average molecular weight is 584 g/mol. The van der Waals surface area contributed by atoms with E-state index in [2.05, 4.69) is 23.9 Å². The number of allylic oxidation sites excluding steroid dienone is 3. The first kappa shape index (κ1) is 33.5. The molecule has 3 rings (SSSR count). The second-order valence-electron chi connectivity index (χ2n) is 12.2. The van der Waals surface area contributed by atoms with Gasteiger partial charge in [0.05, 0.1) is 12.5 Å². The zero-order valence-electron chi connectivity index (χ0n) is 26.0. The number of aliphatic hydroxyl groups excluding tert-OH is 1. The molecule has 6 atom stereocenters. The van der Waals surface area contributed by atoms with Crippen molar-refractivity contribution in [3.63, 3.8) is 0 Å². The van der Waals surface area contributed by atoms with Gasteiger partial charge in [0, 0.05) is 36.8 Å². The van der Waals surface area contributed by atoms with Gasteiger partial charge in [0.2, 0.25) is 0 Å². The van der Waals surface area contributed by atoms with Crippen molar-refractivity contribution in [3.8, 4) is 0 Å². The van der Waals surface area contributed by atoms with E-state index in [0.717, 1.165) is 37.2 Å². The molecule has 1 saturated heterocycles. The summed E-state index contributed by atoms with van der Waals surface area (Å²) in [5, 5.41) is 22.0. The fraction of sp³-hybridized carbons (Fsp3) is 0.606. The summed E-state index contributed by atoms with van der Waals surface area (Å²) >= 11 is 0. The van der Waals surface area contributed by atoms with Crippen molar-refractivity contribution in [2.75, 3.05) is 27.2 Å². The number of hydrogen-bond donors (Lipinski definition) is 2. The van der Waals surface area contributed by atoms with Crippen molar-refractivity contribution in [1.82, 2.24) is 14.8 Å². The molecular formula is C33H49N3O6. The minimum Gasteiger partial charge on any atom is -0.457 e. The maximum atomic E-state index is 13.2. The van der Waals surface area contributed by atoms with E-state index in [1.807, 2.05) is 56.4 Å². The minimum atomic E-state index is -1.45. The Bertz CT molecular complexity index is 1110. The number of carbonyl (C=O) groups excluding carboxylic acids is 2. The zero-order valence-corrected chi connectivity index (χ0v) is 26.0. The van der Waals surface area contributed by atoms with Crippen LogP contribution < -0.4 is 0 Å². The molecular weight excluding hydrogens is 534 g/mol. The predicted molar refractivity (Wildman–Crippen MR) is 163 cm³/mol. The summed E-state index contributed by atoms with van der Waals surface area (Å²) in [6.07, 6.45) is 9.91. The fourth-order valence-corrected chi connectivity index (χ4v) is 5.39. The lowest BCUT2D eigenvalue weighted by Gasteiger charge is -2.37. The Labute approximate surface area is 250 Å². The Balaban J connectivity index is 1.80. The molecule has 2 N–H and O–H groups in total. The number of rotatable bonds is 6. The Morgan fingerprint density at radius 2 is 1.98 bits per heavy atom. The first-order chi connectivity index (χ1) is 19.9. The number of pyridine rings is 1. The lowest BCUT2D eigenvalue weighted by atomic mass is 9.88. The summed E-state index contributed by atoms with van der Waals surface area (Å²) in [7, 11) is 3.81. The summed E-state index contributed by atoms with van der Waals surface area (Å²) in [5.74, 6) is -0.701. The molecule has 2 aliphatic rings. The standard InChI is InChI=1S/C33H49N3O6/c1-23(28-12-7-8-19-34-28)10-9-11-24(2)31-25(3)13-14-29(33(4,40)18-15-27(37)22-30(38)42-31)41-32(39)36(6)26-16-20-35(5)21-17-26/h7-14,19,23,25-27,29,31,37,40H,15-18,20-22H2,1-6H3/b10-9+,14-13+,24-11+/t23-,25+,27-,29+,31-,33-/m1/s1. The van der Waals surface area contributed by atoms with Gasteiger partial charge < -0.3 is 29.5 Å². The summed E-state index contributed by atoms with van der Waals surface area (Å²) in [4.78, 5) is 34.2. The largest absolute Gasteiger partial charge is 0.457 e. The molecule has 1 fully saturated rings. The van der Waals surface area contributed by atoms with Crippen LogP contribution in [-0.2, 0) is 14.3 Å². The van der Waals surface area contributed by atoms with E-state index < -0.39 is 36.0 Å². The number of hydrogen-bond acceptors (Lipinski definition) is 8. The molecule has 2 aliphatic heterocycles.